The number of ketones is 1. The molecule has 22 heavy (non-hydrogen) atoms. The third kappa shape index (κ3) is 16.2. The van der Waals surface area contributed by atoms with Crippen LogP contribution in [-0.2, 0) is 4.79 Å². The molecule has 0 aliphatic rings. The minimum absolute atomic E-state index is 0.418. The van der Waals surface area contributed by atoms with Crippen LogP contribution in [0.2, 0.25) is 0 Å². The van der Waals surface area contributed by atoms with Gasteiger partial charge in [-0.25, -0.2) is 0 Å². The van der Waals surface area contributed by atoms with Crippen LogP contribution in [0.5, 0.6) is 0 Å². The predicted molar refractivity (Wildman–Crippen MR) is 98.9 cm³/mol. The van der Waals surface area contributed by atoms with Crippen LogP contribution < -0.4 is 0 Å². The van der Waals surface area contributed by atoms with Crippen LogP contribution in [0.25, 0.3) is 0 Å². The second-order valence-electron chi connectivity index (χ2n) is 5.09. The maximum absolute atomic E-state index is 11.3. The summed E-state index contributed by atoms with van der Waals surface area (Å²) in [5.41, 5.74) is 0. The Morgan fingerprint density at radius 3 is 1.95 bits per heavy atom. The fraction of sp³-hybridized carbons (Fsp3) is 0.381. The van der Waals surface area contributed by atoms with Crippen LogP contribution >= 0.6 is 0 Å². The van der Waals surface area contributed by atoms with Crippen LogP contribution in [0.15, 0.2) is 73.4 Å². The summed E-state index contributed by atoms with van der Waals surface area (Å²) < 4.78 is 0. The molecule has 0 radical (unpaired) electrons. The van der Waals surface area contributed by atoms with Gasteiger partial charge in [-0.2, -0.15) is 0 Å². The molecule has 0 fully saturated rings. The summed E-state index contributed by atoms with van der Waals surface area (Å²) >= 11 is 0. The lowest BCUT2D eigenvalue weighted by Gasteiger charge is -1.98. The Morgan fingerprint density at radius 1 is 0.773 bits per heavy atom. The van der Waals surface area contributed by atoms with E-state index in [1.807, 2.05) is 48.6 Å². The maximum atomic E-state index is 11.3. The molecule has 1 nitrogen and oxygen atoms in total. The van der Waals surface area contributed by atoms with Crippen molar-refractivity contribution < 1.29 is 4.79 Å². The summed E-state index contributed by atoms with van der Waals surface area (Å²) in [5.74, 6) is 0.418. The van der Waals surface area contributed by atoms with E-state index in [1.165, 1.54) is 0 Å². The van der Waals surface area contributed by atoms with Crippen molar-refractivity contribution in [2.75, 3.05) is 0 Å². The summed E-state index contributed by atoms with van der Waals surface area (Å²) in [4.78, 5) is 11.3. The van der Waals surface area contributed by atoms with Gasteiger partial charge in [0.05, 0.1) is 0 Å². The quantitative estimate of drug-likeness (QED) is 0.289. The standard InChI is InChI=1S/C21H30O/c1-3-5-6-7-8-9-10-11-12-13-14-15-16-17-18-20-21(22)19-4-2/h3,5-14H,1,4,15-20H2,2H3. The lowest BCUT2D eigenvalue weighted by Crippen LogP contribution is -1.95. The first-order valence-electron chi connectivity index (χ1n) is 8.27. The fourth-order valence-electron chi connectivity index (χ4n) is 1.87. The molecular formula is C21H30O. The smallest absolute Gasteiger partial charge is 0.132 e. The number of hydrogen-bond acceptors (Lipinski definition) is 1. The zero-order valence-corrected chi connectivity index (χ0v) is 13.9. The molecule has 0 rings (SSSR count). The number of rotatable bonds is 13. The predicted octanol–water partition coefficient (Wildman–Crippen LogP) is 6.27. The van der Waals surface area contributed by atoms with E-state index in [-0.39, 0.29) is 0 Å². The van der Waals surface area contributed by atoms with Crippen molar-refractivity contribution in [3.8, 4) is 0 Å². The summed E-state index contributed by atoms with van der Waals surface area (Å²) in [6, 6.07) is 0. The lowest BCUT2D eigenvalue weighted by molar-refractivity contribution is -0.119. The highest BCUT2D eigenvalue weighted by Gasteiger charge is 1.98. The Bertz CT molecular complexity index is 419. The van der Waals surface area contributed by atoms with Gasteiger partial charge in [0.25, 0.3) is 0 Å². The van der Waals surface area contributed by atoms with Gasteiger partial charge < -0.3 is 0 Å². The highest BCUT2D eigenvalue weighted by atomic mass is 16.1. The average Bonchev–Trinajstić information content (AvgIpc) is 2.51. The maximum Gasteiger partial charge on any atom is 0.132 e. The van der Waals surface area contributed by atoms with E-state index in [9.17, 15) is 4.79 Å². The molecule has 1 heteroatoms. The van der Waals surface area contributed by atoms with E-state index < -0.39 is 0 Å². The molecule has 0 aromatic carbocycles. The Balaban J connectivity index is 3.54. The normalized spacial score (nSPS) is 12.6. The Kier molecular flexibility index (Phi) is 15.7. The van der Waals surface area contributed by atoms with Gasteiger partial charge in [-0.05, 0) is 25.7 Å². The molecule has 0 aliphatic heterocycles. The molecule has 0 aromatic rings. The van der Waals surface area contributed by atoms with Gasteiger partial charge in [0.2, 0.25) is 0 Å². The third-order valence-electron chi connectivity index (χ3n) is 3.02. The Labute approximate surface area is 136 Å². The number of carbonyl (C=O) groups is 1. The van der Waals surface area contributed by atoms with Crippen molar-refractivity contribution in [2.45, 2.75) is 51.9 Å². The summed E-state index contributed by atoms with van der Waals surface area (Å²) in [6.07, 6.45) is 28.8. The molecule has 0 aromatic heterocycles. The zero-order chi connectivity index (χ0) is 16.3. The number of hydrogen-bond donors (Lipinski definition) is 0. The average molecular weight is 298 g/mol. The van der Waals surface area contributed by atoms with Crippen LogP contribution in [-0.4, -0.2) is 5.78 Å². The van der Waals surface area contributed by atoms with Crippen molar-refractivity contribution in [3.05, 3.63) is 73.4 Å². The third-order valence-corrected chi connectivity index (χ3v) is 3.02. The first-order chi connectivity index (χ1) is 10.8. The minimum Gasteiger partial charge on any atom is -0.300 e. The topological polar surface area (TPSA) is 17.1 Å². The highest BCUT2D eigenvalue weighted by Crippen LogP contribution is 2.06. The first-order valence-corrected chi connectivity index (χ1v) is 8.27. The number of allylic oxidation sites excluding steroid dienone is 11. The summed E-state index contributed by atoms with van der Waals surface area (Å²) in [7, 11) is 0. The van der Waals surface area contributed by atoms with Crippen LogP contribution in [0, 0.1) is 0 Å². The second-order valence-corrected chi connectivity index (χ2v) is 5.09. The molecule has 0 saturated heterocycles. The molecule has 0 atom stereocenters. The monoisotopic (exact) mass is 298 g/mol. The SMILES string of the molecule is C=CC=CC=CC=CC=CC=CCCCCCC(=O)CCC. The van der Waals surface area contributed by atoms with Crippen LogP contribution in [0.1, 0.15) is 51.9 Å². The van der Waals surface area contributed by atoms with Crippen molar-refractivity contribution in [3.63, 3.8) is 0 Å². The fourth-order valence-corrected chi connectivity index (χ4v) is 1.87. The van der Waals surface area contributed by atoms with Gasteiger partial charge in [0.1, 0.15) is 5.78 Å². The Morgan fingerprint density at radius 2 is 1.36 bits per heavy atom. The molecule has 0 amide bonds. The van der Waals surface area contributed by atoms with E-state index in [0.717, 1.165) is 44.9 Å². The van der Waals surface area contributed by atoms with E-state index in [2.05, 4.69) is 25.7 Å². The number of Topliss-reactive ketones (excluding diaryl/α,β-unsaturated/α-hetero) is 1. The minimum atomic E-state index is 0.418. The van der Waals surface area contributed by atoms with Gasteiger partial charge in [0.15, 0.2) is 0 Å². The van der Waals surface area contributed by atoms with E-state index >= 15 is 0 Å². The summed E-state index contributed by atoms with van der Waals surface area (Å²) in [5, 5.41) is 0. The highest BCUT2D eigenvalue weighted by molar-refractivity contribution is 5.78. The largest absolute Gasteiger partial charge is 0.300 e. The van der Waals surface area contributed by atoms with Gasteiger partial charge >= 0.3 is 0 Å². The molecule has 0 saturated carbocycles. The zero-order valence-electron chi connectivity index (χ0n) is 13.9. The van der Waals surface area contributed by atoms with E-state index in [1.54, 1.807) is 6.08 Å². The van der Waals surface area contributed by atoms with E-state index in [0.29, 0.717) is 5.78 Å². The van der Waals surface area contributed by atoms with Gasteiger partial charge in [-0.1, -0.05) is 86.8 Å². The molecule has 0 aliphatic carbocycles. The molecule has 120 valence electrons. The van der Waals surface area contributed by atoms with Crippen molar-refractivity contribution in [1.29, 1.82) is 0 Å². The van der Waals surface area contributed by atoms with Crippen molar-refractivity contribution in [2.24, 2.45) is 0 Å². The molecule has 0 unspecified atom stereocenters. The van der Waals surface area contributed by atoms with Gasteiger partial charge in [0, 0.05) is 12.8 Å². The van der Waals surface area contributed by atoms with Gasteiger partial charge in [-0.3, -0.25) is 4.79 Å². The van der Waals surface area contributed by atoms with Crippen LogP contribution in [0.4, 0.5) is 0 Å². The Hall–Kier alpha value is -1.89. The molecule has 0 N–H and O–H groups in total. The molecule has 0 heterocycles. The summed E-state index contributed by atoms with van der Waals surface area (Å²) in [6.45, 7) is 5.66. The van der Waals surface area contributed by atoms with Gasteiger partial charge in [-0.15, -0.1) is 0 Å². The number of unbranched alkanes of at least 4 members (excludes halogenated alkanes) is 3. The van der Waals surface area contributed by atoms with E-state index in [4.69, 9.17) is 0 Å². The van der Waals surface area contributed by atoms with Crippen LogP contribution in [0.3, 0.4) is 0 Å². The number of carbonyl (C=O) groups excluding carboxylic acids is 1. The molecular weight excluding hydrogens is 268 g/mol. The van der Waals surface area contributed by atoms with Crippen molar-refractivity contribution in [1.82, 2.24) is 0 Å². The lowest BCUT2D eigenvalue weighted by atomic mass is 10.1. The molecule has 0 bridgehead atoms. The molecule has 0 spiro atoms. The van der Waals surface area contributed by atoms with Crippen molar-refractivity contribution >= 4 is 5.78 Å². The second kappa shape index (κ2) is 17.2. The first kappa shape index (κ1) is 20.1.